The van der Waals surface area contributed by atoms with Crippen molar-refractivity contribution in [1.82, 2.24) is 20.4 Å². The first-order chi connectivity index (χ1) is 17.9. The molecule has 2 aromatic carbocycles. The molecule has 1 aliphatic carbocycles. The van der Waals surface area contributed by atoms with Crippen molar-refractivity contribution in [2.75, 3.05) is 38.0 Å². The van der Waals surface area contributed by atoms with E-state index in [0.29, 0.717) is 51.1 Å². The molecular formula is C28H36FN5O4. The van der Waals surface area contributed by atoms with Crippen LogP contribution >= 0.6 is 0 Å². The molecule has 1 heterocycles. The minimum absolute atomic E-state index is 0.0721. The molecular weight excluding hydrogens is 489 g/mol. The fraction of sp³-hybridized carbons (Fsp3) is 0.464. The van der Waals surface area contributed by atoms with Crippen molar-refractivity contribution in [2.24, 2.45) is 0 Å². The van der Waals surface area contributed by atoms with Crippen LogP contribution in [0.2, 0.25) is 0 Å². The number of nitrogens with zero attached hydrogens (tertiary/aromatic N) is 2. The zero-order valence-electron chi connectivity index (χ0n) is 22.1. The van der Waals surface area contributed by atoms with Crippen molar-refractivity contribution in [1.29, 1.82) is 0 Å². The molecule has 10 heteroatoms. The fourth-order valence-electron chi connectivity index (χ4n) is 4.31. The van der Waals surface area contributed by atoms with E-state index in [1.165, 1.54) is 18.2 Å². The molecule has 0 atom stereocenters. The molecule has 4 rings (SSSR count). The Morgan fingerprint density at radius 2 is 1.71 bits per heavy atom. The van der Waals surface area contributed by atoms with Gasteiger partial charge in [-0.1, -0.05) is 18.2 Å². The summed E-state index contributed by atoms with van der Waals surface area (Å²) < 4.78 is 14.6. The topological polar surface area (TPSA) is 114 Å². The Bertz CT molecular complexity index is 1200. The molecule has 1 saturated heterocycles. The van der Waals surface area contributed by atoms with E-state index < -0.39 is 17.4 Å². The Kier molecular flexibility index (Phi) is 8.03. The zero-order valence-corrected chi connectivity index (χ0v) is 22.1. The number of aliphatic hydroxyl groups is 1. The first-order valence-electron chi connectivity index (χ1n) is 12.9. The largest absolute Gasteiger partial charge is 0.388 e. The molecule has 0 aromatic heterocycles. The number of anilines is 1. The molecule has 38 heavy (non-hydrogen) atoms. The van der Waals surface area contributed by atoms with E-state index in [9.17, 15) is 23.9 Å². The highest BCUT2D eigenvalue weighted by atomic mass is 19.1. The van der Waals surface area contributed by atoms with Gasteiger partial charge < -0.3 is 26.0 Å². The predicted octanol–water partition coefficient (Wildman–Crippen LogP) is 2.96. The summed E-state index contributed by atoms with van der Waals surface area (Å²) in [5.41, 5.74) is 0.306. The molecule has 2 fully saturated rings. The highest BCUT2D eigenvalue weighted by Gasteiger charge is 2.40. The number of para-hydroxylation sites is 1. The van der Waals surface area contributed by atoms with Gasteiger partial charge >= 0.3 is 6.03 Å². The van der Waals surface area contributed by atoms with Gasteiger partial charge in [-0.2, -0.15) is 0 Å². The maximum Gasteiger partial charge on any atom is 0.319 e. The average molecular weight is 526 g/mol. The molecule has 1 saturated carbocycles. The number of rotatable bonds is 7. The Labute approximate surface area is 222 Å². The van der Waals surface area contributed by atoms with Crippen molar-refractivity contribution in [3.63, 3.8) is 0 Å². The SMILES string of the molecule is CC(C)(C)NC(=O)c1cccc(CN2CCN(C(=O)c3cccc(F)c3NC(=O)NCC3(O)CC3)CC2)c1. The third-order valence-corrected chi connectivity index (χ3v) is 6.63. The van der Waals surface area contributed by atoms with Crippen LogP contribution in [-0.2, 0) is 6.54 Å². The third-order valence-electron chi connectivity index (χ3n) is 6.63. The van der Waals surface area contributed by atoms with Gasteiger partial charge in [-0.15, -0.1) is 0 Å². The monoisotopic (exact) mass is 525 g/mol. The predicted molar refractivity (Wildman–Crippen MR) is 142 cm³/mol. The third kappa shape index (κ3) is 7.29. The van der Waals surface area contributed by atoms with E-state index in [0.717, 1.165) is 5.56 Å². The number of hydrogen-bond acceptors (Lipinski definition) is 5. The summed E-state index contributed by atoms with van der Waals surface area (Å²) in [6, 6.07) is 11.0. The Balaban J connectivity index is 1.34. The van der Waals surface area contributed by atoms with Gasteiger partial charge in [0.05, 0.1) is 16.9 Å². The maximum absolute atomic E-state index is 14.6. The van der Waals surface area contributed by atoms with Crippen molar-refractivity contribution in [3.8, 4) is 0 Å². The number of urea groups is 1. The Morgan fingerprint density at radius 3 is 2.37 bits per heavy atom. The van der Waals surface area contributed by atoms with Crippen LogP contribution in [0, 0.1) is 5.82 Å². The van der Waals surface area contributed by atoms with E-state index in [1.807, 2.05) is 39.0 Å². The van der Waals surface area contributed by atoms with Crippen LogP contribution < -0.4 is 16.0 Å². The summed E-state index contributed by atoms with van der Waals surface area (Å²) >= 11 is 0. The number of amides is 4. The van der Waals surface area contributed by atoms with E-state index in [2.05, 4.69) is 20.9 Å². The number of carbonyl (C=O) groups is 3. The van der Waals surface area contributed by atoms with E-state index >= 15 is 0 Å². The number of carbonyl (C=O) groups excluding carboxylic acids is 3. The van der Waals surface area contributed by atoms with Crippen LogP contribution in [0.25, 0.3) is 0 Å². The van der Waals surface area contributed by atoms with Gasteiger partial charge in [-0.05, 0) is 63.4 Å². The van der Waals surface area contributed by atoms with Gasteiger partial charge in [0, 0.05) is 50.4 Å². The molecule has 0 spiro atoms. The van der Waals surface area contributed by atoms with E-state index in [-0.39, 0.29) is 35.1 Å². The van der Waals surface area contributed by atoms with Gasteiger partial charge in [-0.3, -0.25) is 14.5 Å². The molecule has 0 unspecified atom stereocenters. The van der Waals surface area contributed by atoms with Crippen LogP contribution in [0.4, 0.5) is 14.9 Å². The first kappa shape index (κ1) is 27.5. The normalized spacial score (nSPS) is 17.0. The molecule has 0 bridgehead atoms. The van der Waals surface area contributed by atoms with Crippen molar-refractivity contribution in [2.45, 2.75) is 51.3 Å². The molecule has 4 amide bonds. The van der Waals surface area contributed by atoms with Crippen LogP contribution in [-0.4, -0.2) is 76.6 Å². The van der Waals surface area contributed by atoms with Crippen molar-refractivity contribution < 1.29 is 23.9 Å². The summed E-state index contributed by atoms with van der Waals surface area (Å²) in [4.78, 5) is 41.9. The second-order valence-electron chi connectivity index (χ2n) is 11.2. The second kappa shape index (κ2) is 11.1. The number of halogens is 1. The maximum atomic E-state index is 14.6. The lowest BCUT2D eigenvalue weighted by Gasteiger charge is -2.35. The molecule has 0 radical (unpaired) electrons. The molecule has 2 aromatic rings. The number of nitrogens with one attached hydrogen (secondary N) is 3. The number of hydrogen-bond donors (Lipinski definition) is 4. The fourth-order valence-corrected chi connectivity index (χ4v) is 4.31. The van der Waals surface area contributed by atoms with Crippen LogP contribution in [0.3, 0.4) is 0 Å². The zero-order chi connectivity index (χ0) is 27.5. The summed E-state index contributed by atoms with van der Waals surface area (Å²) in [6.07, 6.45) is 1.22. The molecule has 2 aliphatic rings. The Hall–Kier alpha value is -3.50. The molecule has 9 nitrogen and oxygen atoms in total. The van der Waals surface area contributed by atoms with Gasteiger partial charge in [0.1, 0.15) is 5.82 Å². The summed E-state index contributed by atoms with van der Waals surface area (Å²) in [7, 11) is 0. The first-order valence-corrected chi connectivity index (χ1v) is 12.9. The van der Waals surface area contributed by atoms with Crippen molar-refractivity contribution in [3.05, 3.63) is 65.0 Å². The lowest BCUT2D eigenvalue weighted by atomic mass is 10.1. The summed E-state index contributed by atoms with van der Waals surface area (Å²) in [5.74, 6) is -1.18. The van der Waals surface area contributed by atoms with E-state index in [1.54, 1.807) is 11.0 Å². The summed E-state index contributed by atoms with van der Waals surface area (Å²) in [5, 5.41) is 17.9. The lowest BCUT2D eigenvalue weighted by Crippen LogP contribution is -2.48. The minimum Gasteiger partial charge on any atom is -0.388 e. The minimum atomic E-state index is -0.884. The van der Waals surface area contributed by atoms with Gasteiger partial charge in [0.25, 0.3) is 11.8 Å². The molecule has 4 N–H and O–H groups in total. The summed E-state index contributed by atoms with van der Waals surface area (Å²) in [6.45, 7) is 8.63. The van der Waals surface area contributed by atoms with E-state index in [4.69, 9.17) is 0 Å². The van der Waals surface area contributed by atoms with Crippen LogP contribution in [0.1, 0.15) is 59.9 Å². The number of piperazine rings is 1. The second-order valence-corrected chi connectivity index (χ2v) is 11.2. The quantitative estimate of drug-likeness (QED) is 0.444. The van der Waals surface area contributed by atoms with Gasteiger partial charge in [0.2, 0.25) is 0 Å². The molecule has 1 aliphatic heterocycles. The number of benzene rings is 2. The van der Waals surface area contributed by atoms with Crippen LogP contribution in [0.5, 0.6) is 0 Å². The van der Waals surface area contributed by atoms with Gasteiger partial charge in [-0.25, -0.2) is 9.18 Å². The standard InChI is InChI=1S/C28H36FN5O4/c1-27(2,3)32-24(35)20-7-4-6-19(16-20)17-33-12-14-34(15-13-33)25(36)21-8-5-9-22(29)23(21)31-26(37)30-18-28(38)10-11-28/h4-9,16,38H,10-15,17-18H2,1-3H3,(H,32,35)(H2,30,31,37). The van der Waals surface area contributed by atoms with Crippen LogP contribution in [0.15, 0.2) is 42.5 Å². The van der Waals surface area contributed by atoms with Gasteiger partial charge in [0.15, 0.2) is 0 Å². The molecule has 204 valence electrons. The lowest BCUT2D eigenvalue weighted by molar-refractivity contribution is 0.0628. The Morgan fingerprint density at radius 1 is 1.03 bits per heavy atom. The average Bonchev–Trinajstić information content (AvgIpc) is 3.60. The smallest absolute Gasteiger partial charge is 0.319 e. The highest BCUT2D eigenvalue weighted by Crippen LogP contribution is 2.34. The van der Waals surface area contributed by atoms with Crippen molar-refractivity contribution >= 4 is 23.5 Å². The highest BCUT2D eigenvalue weighted by molar-refractivity contribution is 6.03.